The molecule has 0 radical (unpaired) electrons. The minimum absolute atomic E-state index is 0.238. The van der Waals surface area contributed by atoms with E-state index in [1.807, 2.05) is 0 Å². The van der Waals surface area contributed by atoms with E-state index in [2.05, 4.69) is 92.1 Å². The van der Waals surface area contributed by atoms with Gasteiger partial charge in [-0.25, -0.2) is 0 Å². The summed E-state index contributed by atoms with van der Waals surface area (Å²) in [5, 5.41) is 121. The number of ether oxygens (including phenoxy) is 6. The molecule has 606 valence electrons. The molecule has 19 nitrogen and oxygen atoms in total. The van der Waals surface area contributed by atoms with E-state index < -0.39 is 124 Å². The molecular formula is C85H153NO18. The van der Waals surface area contributed by atoms with Crippen molar-refractivity contribution in [3.05, 3.63) is 72.9 Å². The molecule has 3 aliphatic rings. The highest BCUT2D eigenvalue weighted by atomic mass is 16.8. The number of amides is 1. The third-order valence-electron chi connectivity index (χ3n) is 20.8. The van der Waals surface area contributed by atoms with E-state index in [1.165, 1.54) is 212 Å². The van der Waals surface area contributed by atoms with Crippen LogP contribution in [-0.2, 0) is 33.2 Å². The first-order valence-electron chi connectivity index (χ1n) is 42.2. The van der Waals surface area contributed by atoms with E-state index in [9.17, 15) is 61.0 Å². The number of hydrogen-bond donors (Lipinski definition) is 12. The van der Waals surface area contributed by atoms with Crippen LogP contribution in [-0.4, -0.2) is 193 Å². The first kappa shape index (κ1) is 95.4. The van der Waals surface area contributed by atoms with Gasteiger partial charge in [-0.15, -0.1) is 0 Å². The van der Waals surface area contributed by atoms with Crippen LogP contribution in [0.15, 0.2) is 72.9 Å². The molecule has 104 heavy (non-hydrogen) atoms. The lowest BCUT2D eigenvalue weighted by Crippen LogP contribution is -2.66. The Balaban J connectivity index is 1.29. The van der Waals surface area contributed by atoms with Gasteiger partial charge < -0.3 is 89.9 Å². The SMILES string of the molecule is CC/C=C\C/C=C\C/C=C\C/C=C\C/C=C\C/C=C\CCCCCCCCCCCCCCCCCCCCCCCCC(=O)NC(COC1OC(CO)C(OC2OC(CO)C(OC3OC(CO)C(O)C(O)C3O)C(O)C2O)C(O)C1O)C(O)CCCCCCCCCCCCCCCCCCCC. The normalized spacial score (nSPS) is 26.3. The molecule has 0 spiro atoms. The zero-order valence-corrected chi connectivity index (χ0v) is 65.0. The van der Waals surface area contributed by atoms with Crippen LogP contribution in [0, 0.1) is 0 Å². The first-order valence-corrected chi connectivity index (χ1v) is 42.2. The first-order chi connectivity index (χ1) is 50.8. The Labute approximate surface area is 629 Å². The fourth-order valence-corrected chi connectivity index (χ4v) is 14.1. The number of carbonyl (C=O) groups excluding carboxylic acids is 1. The van der Waals surface area contributed by atoms with Crippen molar-refractivity contribution in [1.82, 2.24) is 5.32 Å². The van der Waals surface area contributed by atoms with Crippen LogP contribution < -0.4 is 5.32 Å². The van der Waals surface area contributed by atoms with E-state index in [-0.39, 0.29) is 18.9 Å². The third-order valence-corrected chi connectivity index (χ3v) is 20.8. The van der Waals surface area contributed by atoms with Gasteiger partial charge in [-0.05, 0) is 64.2 Å². The van der Waals surface area contributed by atoms with Crippen molar-refractivity contribution in [3.8, 4) is 0 Å². The number of carbonyl (C=O) groups is 1. The molecule has 12 N–H and O–H groups in total. The van der Waals surface area contributed by atoms with Crippen molar-refractivity contribution < 1.29 is 89.4 Å². The highest BCUT2D eigenvalue weighted by Crippen LogP contribution is 2.33. The Morgan fingerprint density at radius 3 is 1.04 bits per heavy atom. The number of aliphatic hydroxyl groups excluding tert-OH is 11. The quantitative estimate of drug-likeness (QED) is 0.0199. The van der Waals surface area contributed by atoms with Crippen LogP contribution >= 0.6 is 0 Å². The molecule has 3 fully saturated rings. The maximum atomic E-state index is 13.5. The Morgan fingerprint density at radius 2 is 0.663 bits per heavy atom. The highest BCUT2D eigenvalue weighted by Gasteiger charge is 2.54. The summed E-state index contributed by atoms with van der Waals surface area (Å²) in [4.78, 5) is 13.5. The summed E-state index contributed by atoms with van der Waals surface area (Å²) in [5.74, 6) is -0.238. The van der Waals surface area contributed by atoms with E-state index in [4.69, 9.17) is 28.4 Å². The van der Waals surface area contributed by atoms with Gasteiger partial charge in [0.05, 0.1) is 38.6 Å². The second-order valence-corrected chi connectivity index (χ2v) is 29.9. The van der Waals surface area contributed by atoms with Gasteiger partial charge in [-0.3, -0.25) is 4.79 Å². The summed E-state index contributed by atoms with van der Waals surface area (Å²) in [7, 11) is 0. The summed E-state index contributed by atoms with van der Waals surface area (Å²) >= 11 is 0. The van der Waals surface area contributed by atoms with E-state index in [1.54, 1.807) is 0 Å². The number of unbranched alkanes of at least 4 members (excludes halogenated alkanes) is 39. The molecule has 0 aromatic rings. The van der Waals surface area contributed by atoms with Crippen LogP contribution in [0.1, 0.15) is 328 Å². The van der Waals surface area contributed by atoms with Gasteiger partial charge in [0.25, 0.3) is 0 Å². The Morgan fingerprint density at radius 1 is 0.356 bits per heavy atom. The summed E-state index contributed by atoms with van der Waals surface area (Å²) in [6.45, 7) is 1.72. The molecule has 0 bridgehead atoms. The van der Waals surface area contributed by atoms with Crippen molar-refractivity contribution in [2.75, 3.05) is 26.4 Å². The fourth-order valence-electron chi connectivity index (χ4n) is 14.1. The van der Waals surface area contributed by atoms with Gasteiger partial charge in [0, 0.05) is 6.42 Å². The zero-order valence-electron chi connectivity index (χ0n) is 65.0. The molecule has 1 amide bonds. The van der Waals surface area contributed by atoms with Gasteiger partial charge in [-0.2, -0.15) is 0 Å². The minimum Gasteiger partial charge on any atom is -0.394 e. The smallest absolute Gasteiger partial charge is 0.220 e. The molecule has 17 unspecified atom stereocenters. The number of allylic oxidation sites excluding steroid dienone is 12. The van der Waals surface area contributed by atoms with Crippen LogP contribution in [0.3, 0.4) is 0 Å². The fraction of sp³-hybridized carbons (Fsp3) is 0.847. The van der Waals surface area contributed by atoms with Crippen LogP contribution in [0.5, 0.6) is 0 Å². The molecule has 0 aliphatic carbocycles. The predicted octanol–water partition coefficient (Wildman–Crippen LogP) is 14.8. The Hall–Kier alpha value is -2.77. The summed E-state index contributed by atoms with van der Waals surface area (Å²) in [5.41, 5.74) is 0. The van der Waals surface area contributed by atoms with Crippen molar-refractivity contribution in [2.24, 2.45) is 0 Å². The molecule has 0 aromatic heterocycles. The minimum atomic E-state index is -1.97. The molecule has 17 atom stereocenters. The standard InChI is InChI=1S/C85H153NO18/c1-3-5-7-9-11-13-15-17-19-21-23-24-25-26-27-28-29-30-31-32-33-34-35-36-37-38-39-40-41-42-43-44-45-47-49-51-53-55-57-59-61-63-73(91)86-68(69(90)62-60-58-56-54-52-50-48-46-22-20-18-16-14-12-10-8-6-4-2)67-99-83-79(97)76(94)81(71(65-88)101-83)104-85-80(98)77(95)82(72(66-89)102-85)103-84-78(96)75(93)74(92)70(64-87)100-84/h5,7,11,13,17,19,23-24,26-27,29-30,68-72,74-85,87-90,92-98H,3-4,6,8-10,12,14-16,18,20-22,25,28,31-67H2,1-2H3,(H,86,91)/b7-5-,13-11-,19-17-,24-23-,27-26-,30-29-. The molecule has 19 heteroatoms. The lowest BCUT2D eigenvalue weighted by atomic mass is 9.96. The zero-order chi connectivity index (χ0) is 75.3. The predicted molar refractivity (Wildman–Crippen MR) is 415 cm³/mol. The largest absolute Gasteiger partial charge is 0.394 e. The van der Waals surface area contributed by atoms with E-state index in [0.717, 1.165) is 83.5 Å². The van der Waals surface area contributed by atoms with Crippen molar-refractivity contribution in [3.63, 3.8) is 0 Å². The Kier molecular flexibility index (Phi) is 59.6. The number of aliphatic hydroxyl groups is 11. The van der Waals surface area contributed by atoms with Gasteiger partial charge in [-0.1, -0.05) is 331 Å². The van der Waals surface area contributed by atoms with Gasteiger partial charge in [0.15, 0.2) is 18.9 Å². The van der Waals surface area contributed by atoms with Crippen molar-refractivity contribution in [1.29, 1.82) is 0 Å². The topological polar surface area (TPSA) is 307 Å². The van der Waals surface area contributed by atoms with Crippen molar-refractivity contribution >= 4 is 5.91 Å². The van der Waals surface area contributed by atoms with Gasteiger partial charge in [0.2, 0.25) is 5.91 Å². The van der Waals surface area contributed by atoms with E-state index >= 15 is 0 Å². The number of rotatable bonds is 67. The average Bonchev–Trinajstić information content (AvgIpc) is 0.783. The number of hydrogen-bond acceptors (Lipinski definition) is 18. The van der Waals surface area contributed by atoms with Crippen LogP contribution in [0.25, 0.3) is 0 Å². The lowest BCUT2D eigenvalue weighted by molar-refractivity contribution is -0.379. The van der Waals surface area contributed by atoms with Crippen molar-refractivity contribution in [2.45, 2.75) is 433 Å². The number of nitrogens with one attached hydrogen (secondary N) is 1. The van der Waals surface area contributed by atoms with E-state index in [0.29, 0.717) is 12.8 Å². The molecule has 3 rings (SSSR count). The molecule has 3 aliphatic heterocycles. The Bertz CT molecular complexity index is 2160. The average molecular weight is 1480 g/mol. The molecular weight excluding hydrogens is 1320 g/mol. The summed E-state index contributed by atoms with van der Waals surface area (Å²) in [6, 6.07) is -0.888. The second-order valence-electron chi connectivity index (χ2n) is 29.9. The molecule has 0 saturated carbocycles. The molecule has 0 aromatic carbocycles. The van der Waals surface area contributed by atoms with Gasteiger partial charge in [0.1, 0.15) is 73.2 Å². The molecule has 3 saturated heterocycles. The summed E-state index contributed by atoms with van der Waals surface area (Å²) in [6.07, 6.45) is 58.6. The van der Waals surface area contributed by atoms with Crippen LogP contribution in [0.2, 0.25) is 0 Å². The van der Waals surface area contributed by atoms with Gasteiger partial charge >= 0.3 is 0 Å². The highest BCUT2D eigenvalue weighted by molar-refractivity contribution is 5.76. The third kappa shape index (κ3) is 44.2. The monoisotopic (exact) mass is 1480 g/mol. The maximum absolute atomic E-state index is 13.5. The van der Waals surface area contributed by atoms with Crippen LogP contribution in [0.4, 0.5) is 0 Å². The second kappa shape index (κ2) is 65.0. The lowest BCUT2D eigenvalue weighted by Gasteiger charge is -2.48. The molecule has 3 heterocycles. The summed E-state index contributed by atoms with van der Waals surface area (Å²) < 4.78 is 34.5. The maximum Gasteiger partial charge on any atom is 0.220 e.